The van der Waals surface area contributed by atoms with Crippen LogP contribution in [0.3, 0.4) is 0 Å². The Bertz CT molecular complexity index is 1660. The lowest BCUT2D eigenvalue weighted by atomic mass is 9.87. The quantitative estimate of drug-likeness (QED) is 0.296. The second-order valence-corrected chi connectivity index (χ2v) is 8.09. The maximum absolute atomic E-state index is 6.01. The molecule has 0 heterocycles. The minimum Gasteiger partial charge on any atom is -0.399 e. The number of fused-ring (bicyclic) bond motifs is 8. The zero-order valence-corrected chi connectivity index (χ0v) is 17.1. The van der Waals surface area contributed by atoms with Crippen molar-refractivity contribution < 1.29 is 0 Å². The number of nitrogens with two attached hydrogens (primary N) is 1. The Balaban J connectivity index is 1.87. The van der Waals surface area contributed by atoms with Crippen molar-refractivity contribution in [1.29, 1.82) is 0 Å². The number of hydrogen-bond acceptors (Lipinski definition) is 1. The Labute approximate surface area is 181 Å². The molecule has 0 spiro atoms. The zero-order valence-electron chi connectivity index (χ0n) is 17.1. The van der Waals surface area contributed by atoms with E-state index < -0.39 is 0 Å². The molecule has 6 aromatic carbocycles. The molecule has 0 radical (unpaired) electrons. The highest BCUT2D eigenvalue weighted by Gasteiger charge is 2.14. The summed E-state index contributed by atoms with van der Waals surface area (Å²) in [7, 11) is 0. The summed E-state index contributed by atoms with van der Waals surface area (Å²) in [5, 5.41) is 10.3. The molecule has 0 saturated heterocycles. The van der Waals surface area contributed by atoms with E-state index in [4.69, 9.17) is 5.73 Å². The maximum Gasteiger partial charge on any atom is 0.0314 e. The van der Waals surface area contributed by atoms with Gasteiger partial charge in [0.15, 0.2) is 0 Å². The smallest absolute Gasteiger partial charge is 0.0314 e. The molecule has 146 valence electrons. The average molecular weight is 396 g/mol. The van der Waals surface area contributed by atoms with Crippen molar-refractivity contribution in [3.8, 4) is 11.1 Å². The van der Waals surface area contributed by atoms with Gasteiger partial charge in [-0.1, -0.05) is 97.6 Å². The molecule has 0 aliphatic rings. The molecule has 2 N–H and O–H groups in total. The first kappa shape index (κ1) is 17.7. The van der Waals surface area contributed by atoms with Crippen LogP contribution in [-0.4, -0.2) is 0 Å². The second-order valence-electron chi connectivity index (χ2n) is 8.09. The van der Waals surface area contributed by atoms with E-state index in [-0.39, 0.29) is 0 Å². The van der Waals surface area contributed by atoms with E-state index in [1.165, 1.54) is 48.7 Å². The molecule has 0 aliphatic heterocycles. The Kier molecular flexibility index (Phi) is 3.84. The third-order valence-corrected chi connectivity index (χ3v) is 6.29. The predicted octanol–water partition coefficient (Wildman–Crippen LogP) is 7.90. The van der Waals surface area contributed by atoms with Gasteiger partial charge in [0.1, 0.15) is 0 Å². The minimum atomic E-state index is 0.586. The second kappa shape index (κ2) is 6.72. The molecule has 0 bridgehead atoms. The fourth-order valence-corrected chi connectivity index (χ4v) is 4.89. The van der Waals surface area contributed by atoms with Gasteiger partial charge in [0, 0.05) is 5.70 Å². The van der Waals surface area contributed by atoms with Crippen LogP contribution < -0.4 is 5.73 Å². The van der Waals surface area contributed by atoms with Crippen molar-refractivity contribution >= 4 is 48.8 Å². The molecule has 1 nitrogen and oxygen atoms in total. The van der Waals surface area contributed by atoms with Gasteiger partial charge < -0.3 is 5.73 Å². The first-order valence-corrected chi connectivity index (χ1v) is 10.5. The number of rotatable bonds is 2. The van der Waals surface area contributed by atoms with Gasteiger partial charge in [-0.3, -0.25) is 0 Å². The Morgan fingerprint density at radius 1 is 0.516 bits per heavy atom. The Morgan fingerprint density at radius 3 is 1.68 bits per heavy atom. The molecular weight excluding hydrogens is 374 g/mol. The molecule has 31 heavy (non-hydrogen) atoms. The van der Waals surface area contributed by atoms with Crippen molar-refractivity contribution in [1.82, 2.24) is 0 Å². The van der Waals surface area contributed by atoms with Gasteiger partial charge in [-0.2, -0.15) is 0 Å². The predicted molar refractivity (Wildman–Crippen MR) is 135 cm³/mol. The maximum atomic E-state index is 6.01. The lowest BCUT2D eigenvalue weighted by molar-refractivity contribution is 1.53. The van der Waals surface area contributed by atoms with Gasteiger partial charge in [0.25, 0.3) is 0 Å². The van der Waals surface area contributed by atoms with E-state index >= 15 is 0 Å². The molecule has 1 heteroatoms. The summed E-state index contributed by atoms with van der Waals surface area (Å²) in [5.74, 6) is 0. The SMILES string of the molecule is C=C(N)c1cccc(-c2cc3c4ccccc4c4ccccc4c3c3ccccc23)c1. The normalized spacial score (nSPS) is 11.5. The summed E-state index contributed by atoms with van der Waals surface area (Å²) in [6.07, 6.45) is 0. The zero-order chi connectivity index (χ0) is 20.9. The van der Waals surface area contributed by atoms with E-state index in [0.717, 1.165) is 11.1 Å². The molecule has 0 amide bonds. The lowest BCUT2D eigenvalue weighted by Crippen LogP contribution is -1.94. The first-order valence-electron chi connectivity index (χ1n) is 10.5. The summed E-state index contributed by atoms with van der Waals surface area (Å²) in [4.78, 5) is 0. The molecule has 0 aromatic heterocycles. The van der Waals surface area contributed by atoms with E-state index in [1.54, 1.807) is 0 Å². The number of hydrogen-bond donors (Lipinski definition) is 1. The molecule has 0 aliphatic carbocycles. The molecule has 0 saturated carbocycles. The van der Waals surface area contributed by atoms with Crippen molar-refractivity contribution in [3.05, 3.63) is 115 Å². The Morgan fingerprint density at radius 2 is 1.03 bits per heavy atom. The average Bonchev–Trinajstić information content (AvgIpc) is 2.83. The lowest BCUT2D eigenvalue weighted by Gasteiger charge is -2.16. The largest absolute Gasteiger partial charge is 0.399 e. The molecule has 6 rings (SSSR count). The standard InChI is InChI=1S/C30H21N/c1-19(31)20-9-8-10-21(17-20)28-18-29-24-13-3-2-11-22(24)23-12-4-6-15-26(23)30(29)27-16-7-5-14-25(27)28/h2-18H,1,31H2. The van der Waals surface area contributed by atoms with Crippen LogP contribution in [0.4, 0.5) is 0 Å². The van der Waals surface area contributed by atoms with Crippen LogP contribution in [0, 0.1) is 0 Å². The molecular formula is C30H21N. The van der Waals surface area contributed by atoms with Crippen LogP contribution in [-0.2, 0) is 0 Å². The summed E-state index contributed by atoms with van der Waals surface area (Å²) < 4.78 is 0. The van der Waals surface area contributed by atoms with Crippen molar-refractivity contribution in [2.24, 2.45) is 5.73 Å². The fraction of sp³-hybridized carbons (Fsp3) is 0. The summed E-state index contributed by atoms with van der Waals surface area (Å²) in [6.45, 7) is 3.93. The van der Waals surface area contributed by atoms with Crippen molar-refractivity contribution in [2.45, 2.75) is 0 Å². The van der Waals surface area contributed by atoms with Crippen LogP contribution in [0.5, 0.6) is 0 Å². The van der Waals surface area contributed by atoms with Crippen molar-refractivity contribution in [2.75, 3.05) is 0 Å². The molecule has 0 atom stereocenters. The summed E-state index contributed by atoms with van der Waals surface area (Å²) in [6, 6.07) is 36.9. The number of benzene rings is 6. The third-order valence-electron chi connectivity index (χ3n) is 6.29. The van der Waals surface area contributed by atoms with Gasteiger partial charge >= 0.3 is 0 Å². The van der Waals surface area contributed by atoms with Gasteiger partial charge in [0.05, 0.1) is 0 Å². The van der Waals surface area contributed by atoms with Gasteiger partial charge in [-0.25, -0.2) is 0 Å². The first-order chi connectivity index (χ1) is 15.2. The highest BCUT2D eigenvalue weighted by atomic mass is 14.6. The topological polar surface area (TPSA) is 26.0 Å². The van der Waals surface area contributed by atoms with E-state index in [0.29, 0.717) is 5.70 Å². The molecule has 0 fully saturated rings. The molecule has 0 unspecified atom stereocenters. The van der Waals surface area contributed by atoms with E-state index in [1.807, 2.05) is 6.07 Å². The van der Waals surface area contributed by atoms with Crippen LogP contribution in [0.25, 0.3) is 59.9 Å². The monoisotopic (exact) mass is 395 g/mol. The van der Waals surface area contributed by atoms with Gasteiger partial charge in [-0.05, 0) is 71.9 Å². The Hall–Kier alpha value is -4.10. The van der Waals surface area contributed by atoms with E-state index in [9.17, 15) is 0 Å². The van der Waals surface area contributed by atoms with Crippen LogP contribution in [0.2, 0.25) is 0 Å². The van der Waals surface area contributed by atoms with Gasteiger partial charge in [-0.15, -0.1) is 0 Å². The van der Waals surface area contributed by atoms with Crippen molar-refractivity contribution in [3.63, 3.8) is 0 Å². The van der Waals surface area contributed by atoms with Crippen LogP contribution >= 0.6 is 0 Å². The highest BCUT2D eigenvalue weighted by molar-refractivity contribution is 6.32. The fourth-order valence-electron chi connectivity index (χ4n) is 4.89. The van der Waals surface area contributed by atoms with E-state index in [2.05, 4.69) is 104 Å². The molecule has 6 aromatic rings. The van der Waals surface area contributed by atoms with Gasteiger partial charge in [0.2, 0.25) is 0 Å². The highest BCUT2D eigenvalue weighted by Crippen LogP contribution is 2.42. The van der Waals surface area contributed by atoms with Crippen LogP contribution in [0.1, 0.15) is 5.56 Å². The van der Waals surface area contributed by atoms with Crippen LogP contribution in [0.15, 0.2) is 110 Å². The third kappa shape index (κ3) is 2.64. The summed E-state index contributed by atoms with van der Waals surface area (Å²) in [5.41, 5.74) is 9.92. The minimum absolute atomic E-state index is 0.586. The summed E-state index contributed by atoms with van der Waals surface area (Å²) >= 11 is 0.